The van der Waals surface area contributed by atoms with Crippen LogP contribution in [0.2, 0.25) is 0 Å². The summed E-state index contributed by atoms with van der Waals surface area (Å²) in [5.74, 6) is -0.352. The average molecular weight is 354 g/mol. The number of ether oxygens (including phenoxy) is 1. The van der Waals surface area contributed by atoms with Gasteiger partial charge in [-0.15, -0.1) is 0 Å². The molecule has 92 valence electrons. The van der Waals surface area contributed by atoms with E-state index in [0.717, 1.165) is 5.56 Å². The van der Waals surface area contributed by atoms with Gasteiger partial charge in [-0.1, -0.05) is 30.3 Å². The van der Waals surface area contributed by atoms with Crippen LogP contribution in [0, 0.1) is 3.57 Å². The molecular formula is C14H11IO3. The van der Waals surface area contributed by atoms with Crippen LogP contribution < -0.4 is 0 Å². The summed E-state index contributed by atoms with van der Waals surface area (Å²) in [6, 6.07) is 14.2. The third-order valence-electron chi connectivity index (χ3n) is 2.39. The van der Waals surface area contributed by atoms with Gasteiger partial charge in [-0.3, -0.25) is 0 Å². The molecule has 1 N–H and O–H groups in total. The van der Waals surface area contributed by atoms with Crippen molar-refractivity contribution in [1.29, 1.82) is 0 Å². The van der Waals surface area contributed by atoms with Gasteiger partial charge in [-0.25, -0.2) is 4.79 Å². The van der Waals surface area contributed by atoms with Gasteiger partial charge in [0.25, 0.3) is 0 Å². The first-order valence-electron chi connectivity index (χ1n) is 5.36. The molecule has 2 aromatic carbocycles. The van der Waals surface area contributed by atoms with Crippen LogP contribution in [-0.4, -0.2) is 11.1 Å². The van der Waals surface area contributed by atoms with E-state index < -0.39 is 5.97 Å². The summed E-state index contributed by atoms with van der Waals surface area (Å²) in [7, 11) is 0. The second kappa shape index (κ2) is 5.86. The van der Waals surface area contributed by atoms with Gasteiger partial charge in [-0.2, -0.15) is 0 Å². The Morgan fingerprint density at radius 2 is 1.89 bits per heavy atom. The molecule has 3 nitrogen and oxygen atoms in total. The van der Waals surface area contributed by atoms with Gasteiger partial charge in [0.05, 0.1) is 9.13 Å². The second-order valence-corrected chi connectivity index (χ2v) is 4.89. The van der Waals surface area contributed by atoms with Crippen molar-refractivity contribution in [3.63, 3.8) is 0 Å². The maximum absolute atomic E-state index is 11.7. The van der Waals surface area contributed by atoms with Crippen LogP contribution in [0.5, 0.6) is 5.75 Å². The van der Waals surface area contributed by atoms with Gasteiger partial charge in [0, 0.05) is 0 Å². The monoisotopic (exact) mass is 354 g/mol. The summed E-state index contributed by atoms with van der Waals surface area (Å²) in [5.41, 5.74) is 1.28. The molecule has 0 saturated heterocycles. The molecule has 0 atom stereocenters. The Morgan fingerprint density at radius 3 is 2.56 bits per heavy atom. The van der Waals surface area contributed by atoms with Crippen molar-refractivity contribution in [3.05, 3.63) is 63.2 Å². The van der Waals surface area contributed by atoms with E-state index in [-0.39, 0.29) is 12.4 Å². The van der Waals surface area contributed by atoms with Crippen molar-refractivity contribution in [2.75, 3.05) is 0 Å². The van der Waals surface area contributed by atoms with E-state index in [2.05, 4.69) is 0 Å². The van der Waals surface area contributed by atoms with Gasteiger partial charge >= 0.3 is 5.97 Å². The highest BCUT2D eigenvalue weighted by Gasteiger charge is 2.09. The van der Waals surface area contributed by atoms with Crippen LogP contribution in [0.3, 0.4) is 0 Å². The predicted molar refractivity (Wildman–Crippen MR) is 76.4 cm³/mol. The minimum Gasteiger partial charge on any atom is -0.507 e. The number of hydrogen-bond donors (Lipinski definition) is 1. The number of carbonyl (C=O) groups is 1. The maximum atomic E-state index is 11.7. The highest BCUT2D eigenvalue weighted by atomic mass is 127. The Kier molecular flexibility index (Phi) is 4.19. The largest absolute Gasteiger partial charge is 0.507 e. The third kappa shape index (κ3) is 3.22. The highest BCUT2D eigenvalue weighted by Crippen LogP contribution is 2.21. The molecule has 4 heteroatoms. The smallest absolute Gasteiger partial charge is 0.338 e. The lowest BCUT2D eigenvalue weighted by molar-refractivity contribution is 0.0472. The van der Waals surface area contributed by atoms with Gasteiger partial charge in [0.15, 0.2) is 0 Å². The number of hydrogen-bond acceptors (Lipinski definition) is 3. The molecule has 0 aromatic heterocycles. The lowest BCUT2D eigenvalue weighted by Crippen LogP contribution is -2.05. The zero-order valence-corrected chi connectivity index (χ0v) is 11.6. The van der Waals surface area contributed by atoms with Crippen LogP contribution in [0.25, 0.3) is 0 Å². The summed E-state index contributed by atoms with van der Waals surface area (Å²) < 4.78 is 5.86. The molecule has 0 aliphatic heterocycles. The van der Waals surface area contributed by atoms with E-state index in [9.17, 15) is 9.90 Å². The van der Waals surface area contributed by atoms with Crippen molar-refractivity contribution >= 4 is 28.6 Å². The van der Waals surface area contributed by atoms with Gasteiger partial charge < -0.3 is 9.84 Å². The first-order chi connectivity index (χ1) is 8.66. The molecule has 0 aliphatic rings. The molecule has 0 heterocycles. The molecule has 0 unspecified atom stereocenters. The average Bonchev–Trinajstić information content (AvgIpc) is 2.40. The molecule has 18 heavy (non-hydrogen) atoms. The molecule has 0 spiro atoms. The fraction of sp³-hybridized carbons (Fsp3) is 0.0714. The van der Waals surface area contributed by atoms with Gasteiger partial charge in [0.1, 0.15) is 12.4 Å². The van der Waals surface area contributed by atoms with Gasteiger partial charge in [0.2, 0.25) is 0 Å². The minimum atomic E-state index is -0.439. The molecule has 2 aromatic rings. The first-order valence-corrected chi connectivity index (χ1v) is 6.44. The SMILES string of the molecule is O=C(OCc1ccccc1)c1ccc(I)c(O)c1. The normalized spacial score (nSPS) is 10.1. The fourth-order valence-electron chi connectivity index (χ4n) is 1.45. The van der Waals surface area contributed by atoms with E-state index >= 15 is 0 Å². The van der Waals surface area contributed by atoms with Crippen LogP contribution in [0.1, 0.15) is 15.9 Å². The summed E-state index contributed by atoms with van der Waals surface area (Å²) in [4.78, 5) is 11.7. The number of esters is 1. The van der Waals surface area contributed by atoms with Crippen molar-refractivity contribution in [1.82, 2.24) is 0 Å². The second-order valence-electron chi connectivity index (χ2n) is 3.73. The van der Waals surface area contributed by atoms with E-state index in [1.165, 1.54) is 6.07 Å². The topological polar surface area (TPSA) is 46.5 Å². The maximum Gasteiger partial charge on any atom is 0.338 e. The van der Waals surface area contributed by atoms with Crippen molar-refractivity contribution < 1.29 is 14.6 Å². The van der Waals surface area contributed by atoms with E-state index in [4.69, 9.17) is 4.74 Å². The summed E-state index contributed by atoms with van der Waals surface area (Å²) >= 11 is 1.99. The number of halogens is 1. The standard InChI is InChI=1S/C14H11IO3/c15-12-7-6-11(8-13(12)16)14(17)18-9-10-4-2-1-3-5-10/h1-8,16H,9H2. The molecule has 2 rings (SSSR count). The molecule has 0 saturated carbocycles. The summed E-state index contributed by atoms with van der Waals surface area (Å²) in [6.45, 7) is 0.229. The number of rotatable bonds is 3. The number of aromatic hydroxyl groups is 1. The lowest BCUT2D eigenvalue weighted by Gasteiger charge is -2.05. The third-order valence-corrected chi connectivity index (χ3v) is 3.31. The van der Waals surface area contributed by atoms with Crippen LogP contribution in [-0.2, 0) is 11.3 Å². The Balaban J connectivity index is 2.02. The fourth-order valence-corrected chi connectivity index (χ4v) is 1.78. The summed E-state index contributed by atoms with van der Waals surface area (Å²) in [6.07, 6.45) is 0. The van der Waals surface area contributed by atoms with Crippen molar-refractivity contribution in [2.24, 2.45) is 0 Å². The van der Waals surface area contributed by atoms with Crippen LogP contribution in [0.4, 0.5) is 0 Å². The minimum absolute atomic E-state index is 0.0877. The summed E-state index contributed by atoms with van der Waals surface area (Å²) in [5, 5.41) is 9.52. The molecule has 0 bridgehead atoms. The van der Waals surface area contributed by atoms with Gasteiger partial charge in [-0.05, 0) is 46.4 Å². The van der Waals surface area contributed by atoms with E-state index in [1.54, 1.807) is 12.1 Å². The zero-order chi connectivity index (χ0) is 13.0. The van der Waals surface area contributed by atoms with Crippen LogP contribution in [0.15, 0.2) is 48.5 Å². The Hall–Kier alpha value is -1.56. The molecular weight excluding hydrogens is 343 g/mol. The molecule has 0 fully saturated rings. The van der Waals surface area contributed by atoms with E-state index in [0.29, 0.717) is 9.13 Å². The zero-order valence-electron chi connectivity index (χ0n) is 9.47. The number of phenols is 1. The predicted octanol–water partition coefficient (Wildman–Crippen LogP) is 3.35. The van der Waals surface area contributed by atoms with Crippen LogP contribution >= 0.6 is 22.6 Å². The number of benzene rings is 2. The number of phenolic OH excluding ortho intramolecular Hbond substituents is 1. The van der Waals surface area contributed by atoms with Crippen molar-refractivity contribution in [2.45, 2.75) is 6.61 Å². The number of carbonyl (C=O) groups excluding carboxylic acids is 1. The van der Waals surface area contributed by atoms with E-state index in [1.807, 2.05) is 52.9 Å². The Labute approximate surface area is 119 Å². The van der Waals surface area contributed by atoms with Crippen molar-refractivity contribution in [3.8, 4) is 5.75 Å². The molecule has 0 aliphatic carbocycles. The lowest BCUT2D eigenvalue weighted by atomic mass is 10.2. The quantitative estimate of drug-likeness (QED) is 0.679. The Bertz CT molecular complexity index is 552. The molecule has 0 amide bonds. The highest BCUT2D eigenvalue weighted by molar-refractivity contribution is 14.1. The Morgan fingerprint density at radius 1 is 1.17 bits per heavy atom. The first kappa shape index (κ1) is 12.9. The molecule has 0 radical (unpaired) electrons.